The molecule has 2 aliphatic rings. The number of nitrogens with zero attached hydrogens (tertiary/aromatic N) is 1. The van der Waals surface area contributed by atoms with Crippen molar-refractivity contribution >= 4 is 17.7 Å². The SMILES string of the molecule is CC(=O)N1CC(CNC(=O)c2cccc3c2CNC3=O)C1. The highest BCUT2D eigenvalue weighted by molar-refractivity contribution is 6.04. The monoisotopic (exact) mass is 287 g/mol. The summed E-state index contributed by atoms with van der Waals surface area (Å²) in [6.07, 6.45) is 0. The highest BCUT2D eigenvalue weighted by atomic mass is 16.2. The van der Waals surface area contributed by atoms with E-state index in [9.17, 15) is 14.4 Å². The van der Waals surface area contributed by atoms with E-state index in [1.807, 2.05) is 0 Å². The van der Waals surface area contributed by atoms with Gasteiger partial charge >= 0.3 is 0 Å². The third kappa shape index (κ3) is 2.49. The Morgan fingerprint density at radius 1 is 1.38 bits per heavy atom. The minimum Gasteiger partial charge on any atom is -0.352 e. The molecule has 2 aliphatic heterocycles. The van der Waals surface area contributed by atoms with Gasteiger partial charge in [0.05, 0.1) is 0 Å². The molecule has 0 unspecified atom stereocenters. The maximum atomic E-state index is 12.2. The molecule has 110 valence electrons. The molecule has 6 heteroatoms. The van der Waals surface area contributed by atoms with Gasteiger partial charge < -0.3 is 15.5 Å². The first kappa shape index (κ1) is 13.6. The molecule has 0 atom stereocenters. The number of likely N-dealkylation sites (tertiary alicyclic amines) is 1. The van der Waals surface area contributed by atoms with E-state index in [-0.39, 0.29) is 17.7 Å². The van der Waals surface area contributed by atoms with E-state index >= 15 is 0 Å². The Balaban J connectivity index is 1.60. The molecule has 1 aromatic carbocycles. The largest absolute Gasteiger partial charge is 0.352 e. The first-order valence-corrected chi connectivity index (χ1v) is 7.00. The van der Waals surface area contributed by atoms with Crippen molar-refractivity contribution in [1.29, 1.82) is 0 Å². The minimum absolute atomic E-state index is 0.0723. The van der Waals surface area contributed by atoms with Gasteiger partial charge in [-0.2, -0.15) is 0 Å². The Morgan fingerprint density at radius 2 is 2.14 bits per heavy atom. The van der Waals surface area contributed by atoms with Crippen LogP contribution in [0.25, 0.3) is 0 Å². The lowest BCUT2D eigenvalue weighted by Crippen LogP contribution is -2.53. The predicted molar refractivity (Wildman–Crippen MR) is 75.7 cm³/mol. The van der Waals surface area contributed by atoms with E-state index in [0.29, 0.717) is 43.2 Å². The van der Waals surface area contributed by atoms with Crippen LogP contribution in [0.2, 0.25) is 0 Å². The van der Waals surface area contributed by atoms with E-state index in [2.05, 4.69) is 10.6 Å². The molecule has 1 fully saturated rings. The second kappa shape index (κ2) is 5.20. The van der Waals surface area contributed by atoms with Crippen LogP contribution in [0, 0.1) is 5.92 Å². The van der Waals surface area contributed by atoms with Crippen LogP contribution in [-0.4, -0.2) is 42.3 Å². The van der Waals surface area contributed by atoms with Crippen LogP contribution < -0.4 is 10.6 Å². The summed E-state index contributed by atoms with van der Waals surface area (Å²) in [7, 11) is 0. The van der Waals surface area contributed by atoms with Gasteiger partial charge in [0, 0.05) is 50.1 Å². The Bertz CT molecular complexity index is 621. The number of rotatable bonds is 3. The zero-order valence-electron chi connectivity index (χ0n) is 11.8. The normalized spacial score (nSPS) is 17.0. The van der Waals surface area contributed by atoms with E-state index < -0.39 is 0 Å². The Labute approximate surface area is 122 Å². The van der Waals surface area contributed by atoms with Gasteiger partial charge in [-0.1, -0.05) is 6.07 Å². The molecule has 0 saturated carbocycles. The minimum atomic E-state index is -0.162. The van der Waals surface area contributed by atoms with Crippen molar-refractivity contribution in [2.24, 2.45) is 5.92 Å². The van der Waals surface area contributed by atoms with Gasteiger partial charge in [0.15, 0.2) is 0 Å². The van der Waals surface area contributed by atoms with Crippen LogP contribution in [0.4, 0.5) is 0 Å². The van der Waals surface area contributed by atoms with Crippen LogP contribution in [0.5, 0.6) is 0 Å². The van der Waals surface area contributed by atoms with Crippen LogP contribution in [0.3, 0.4) is 0 Å². The lowest BCUT2D eigenvalue weighted by molar-refractivity contribution is -0.134. The summed E-state index contributed by atoms with van der Waals surface area (Å²) in [6.45, 7) is 3.89. The maximum Gasteiger partial charge on any atom is 0.251 e. The molecule has 3 rings (SSSR count). The molecule has 1 saturated heterocycles. The lowest BCUT2D eigenvalue weighted by Gasteiger charge is -2.38. The van der Waals surface area contributed by atoms with Crippen molar-refractivity contribution in [1.82, 2.24) is 15.5 Å². The Hall–Kier alpha value is -2.37. The molecule has 0 aromatic heterocycles. The van der Waals surface area contributed by atoms with Gasteiger partial charge in [0.2, 0.25) is 5.91 Å². The fraction of sp³-hybridized carbons (Fsp3) is 0.400. The second-order valence-corrected chi connectivity index (χ2v) is 5.51. The predicted octanol–water partition coefficient (Wildman–Crippen LogP) is 0.138. The van der Waals surface area contributed by atoms with Crippen molar-refractivity contribution in [2.75, 3.05) is 19.6 Å². The summed E-state index contributed by atoms with van der Waals surface area (Å²) >= 11 is 0. The van der Waals surface area contributed by atoms with E-state index in [4.69, 9.17) is 0 Å². The first-order valence-electron chi connectivity index (χ1n) is 7.00. The number of amides is 3. The van der Waals surface area contributed by atoms with Crippen LogP contribution in [0.1, 0.15) is 33.2 Å². The number of hydrogen-bond donors (Lipinski definition) is 2. The Morgan fingerprint density at radius 3 is 2.86 bits per heavy atom. The summed E-state index contributed by atoms with van der Waals surface area (Å²) in [4.78, 5) is 36.7. The van der Waals surface area contributed by atoms with Crippen LogP contribution >= 0.6 is 0 Å². The molecule has 0 radical (unpaired) electrons. The maximum absolute atomic E-state index is 12.2. The Kier molecular flexibility index (Phi) is 3.37. The van der Waals surface area contributed by atoms with Gasteiger partial charge in [0.25, 0.3) is 11.8 Å². The smallest absolute Gasteiger partial charge is 0.251 e. The van der Waals surface area contributed by atoms with Crippen molar-refractivity contribution < 1.29 is 14.4 Å². The second-order valence-electron chi connectivity index (χ2n) is 5.51. The number of carbonyl (C=O) groups excluding carboxylic acids is 3. The summed E-state index contributed by atoms with van der Waals surface area (Å²) in [5, 5.41) is 5.61. The van der Waals surface area contributed by atoms with Crippen molar-refractivity contribution in [3.8, 4) is 0 Å². The van der Waals surface area contributed by atoms with Gasteiger partial charge in [-0.25, -0.2) is 0 Å². The number of hydrogen-bond acceptors (Lipinski definition) is 3. The van der Waals surface area contributed by atoms with E-state index in [0.717, 1.165) is 5.56 Å². The van der Waals surface area contributed by atoms with Crippen molar-refractivity contribution in [3.63, 3.8) is 0 Å². The van der Waals surface area contributed by atoms with Crippen LogP contribution in [-0.2, 0) is 11.3 Å². The molecule has 1 aromatic rings. The molecular weight excluding hydrogens is 270 g/mol. The third-order valence-corrected chi connectivity index (χ3v) is 4.04. The fourth-order valence-electron chi connectivity index (χ4n) is 2.75. The van der Waals surface area contributed by atoms with Gasteiger partial charge in [-0.3, -0.25) is 14.4 Å². The molecule has 0 bridgehead atoms. The number of nitrogens with one attached hydrogen (secondary N) is 2. The van der Waals surface area contributed by atoms with E-state index in [1.165, 1.54) is 0 Å². The molecule has 6 nitrogen and oxygen atoms in total. The van der Waals surface area contributed by atoms with Gasteiger partial charge in [0.1, 0.15) is 0 Å². The third-order valence-electron chi connectivity index (χ3n) is 4.04. The molecular formula is C15H17N3O3. The molecule has 21 heavy (non-hydrogen) atoms. The molecule has 0 aliphatic carbocycles. The average Bonchev–Trinajstić information content (AvgIpc) is 2.78. The number of fused-ring (bicyclic) bond motifs is 1. The van der Waals surface area contributed by atoms with Crippen LogP contribution in [0.15, 0.2) is 18.2 Å². The van der Waals surface area contributed by atoms with E-state index in [1.54, 1.807) is 30.0 Å². The van der Waals surface area contributed by atoms with Crippen molar-refractivity contribution in [3.05, 3.63) is 34.9 Å². The fourth-order valence-corrected chi connectivity index (χ4v) is 2.75. The summed E-state index contributed by atoms with van der Waals surface area (Å²) < 4.78 is 0. The number of carbonyl (C=O) groups is 3. The molecule has 2 heterocycles. The zero-order chi connectivity index (χ0) is 15.0. The average molecular weight is 287 g/mol. The molecule has 3 amide bonds. The highest BCUT2D eigenvalue weighted by Gasteiger charge is 2.29. The quantitative estimate of drug-likeness (QED) is 0.830. The zero-order valence-corrected chi connectivity index (χ0v) is 11.8. The summed E-state index contributed by atoms with van der Waals surface area (Å²) in [5.74, 6) is 0.0952. The lowest BCUT2D eigenvalue weighted by atomic mass is 9.99. The molecule has 0 spiro atoms. The van der Waals surface area contributed by atoms with Gasteiger partial charge in [-0.15, -0.1) is 0 Å². The molecule has 2 N–H and O–H groups in total. The number of benzene rings is 1. The standard InChI is InChI=1S/C15H17N3O3/c1-9(19)18-7-10(8-18)5-16-14(20)11-3-2-4-12-13(11)6-17-15(12)21/h2-4,10H,5-8H2,1H3,(H,16,20)(H,17,21). The van der Waals surface area contributed by atoms with Gasteiger partial charge in [-0.05, 0) is 17.7 Å². The summed E-state index contributed by atoms with van der Waals surface area (Å²) in [5.41, 5.74) is 1.89. The topological polar surface area (TPSA) is 78.5 Å². The highest BCUT2D eigenvalue weighted by Crippen LogP contribution is 2.20. The van der Waals surface area contributed by atoms with Crippen molar-refractivity contribution in [2.45, 2.75) is 13.5 Å². The summed E-state index contributed by atoms with van der Waals surface area (Å²) in [6, 6.07) is 5.18. The first-order chi connectivity index (χ1) is 10.1.